The van der Waals surface area contributed by atoms with E-state index in [1.165, 1.54) is 4.90 Å². The van der Waals surface area contributed by atoms with Crippen molar-refractivity contribution in [1.29, 1.82) is 0 Å². The maximum Gasteiger partial charge on any atom is 0.417 e. The van der Waals surface area contributed by atoms with Gasteiger partial charge in [0.05, 0.1) is 6.26 Å². The first-order valence-corrected chi connectivity index (χ1v) is 8.01. The lowest BCUT2D eigenvalue weighted by molar-refractivity contribution is -0.127. The Morgan fingerprint density at radius 2 is 2.08 bits per heavy atom. The predicted molar refractivity (Wildman–Crippen MR) is 83.4 cm³/mol. The number of H-pyrrole nitrogens is 1. The number of amides is 3. The molecule has 0 aromatic carbocycles. The van der Waals surface area contributed by atoms with Gasteiger partial charge in [-0.3, -0.25) is 14.7 Å². The number of carbonyl (C=O) groups is 3. The fraction of sp³-hybridized carbons (Fsp3) is 0.375. The number of furan rings is 1. The summed E-state index contributed by atoms with van der Waals surface area (Å²) < 4.78 is 10.0. The van der Waals surface area contributed by atoms with E-state index in [0.29, 0.717) is 43.1 Å². The minimum atomic E-state index is -0.592. The number of aromatic amines is 1. The molecule has 9 nitrogen and oxygen atoms in total. The molecule has 4 heterocycles. The molecule has 2 aliphatic heterocycles. The highest BCUT2D eigenvalue weighted by molar-refractivity contribution is 5.98. The van der Waals surface area contributed by atoms with Gasteiger partial charge in [0.25, 0.3) is 11.8 Å². The van der Waals surface area contributed by atoms with E-state index in [1.807, 2.05) is 0 Å². The third kappa shape index (κ3) is 2.77. The summed E-state index contributed by atoms with van der Waals surface area (Å²) in [7, 11) is 0. The highest BCUT2D eigenvalue weighted by atomic mass is 16.6. The van der Waals surface area contributed by atoms with Gasteiger partial charge < -0.3 is 14.1 Å². The van der Waals surface area contributed by atoms with Crippen LogP contribution in [0.2, 0.25) is 0 Å². The summed E-state index contributed by atoms with van der Waals surface area (Å²) in [5.74, 6) is 0.101. The summed E-state index contributed by atoms with van der Waals surface area (Å²) in [5.41, 5.74) is 0.940. The molecule has 2 saturated heterocycles. The monoisotopic (exact) mass is 344 g/mol. The molecule has 9 heteroatoms. The van der Waals surface area contributed by atoms with Crippen molar-refractivity contribution < 1.29 is 23.5 Å². The topological polar surface area (TPSA) is 109 Å². The fourth-order valence-electron chi connectivity index (χ4n) is 3.20. The van der Waals surface area contributed by atoms with Crippen LogP contribution in [-0.2, 0) is 9.53 Å². The average Bonchev–Trinajstić information content (AvgIpc) is 3.35. The zero-order chi connectivity index (χ0) is 17.4. The second-order valence-electron chi connectivity index (χ2n) is 5.99. The van der Waals surface area contributed by atoms with Gasteiger partial charge in [0.2, 0.25) is 0 Å². The van der Waals surface area contributed by atoms with Crippen LogP contribution in [0.5, 0.6) is 0 Å². The van der Waals surface area contributed by atoms with Gasteiger partial charge in [0, 0.05) is 25.2 Å². The summed E-state index contributed by atoms with van der Waals surface area (Å²) >= 11 is 0. The number of hydrogen-bond acceptors (Lipinski definition) is 6. The first-order chi connectivity index (χ1) is 12.1. The van der Waals surface area contributed by atoms with E-state index in [0.717, 1.165) is 0 Å². The normalized spacial score (nSPS) is 18.7. The van der Waals surface area contributed by atoms with Crippen molar-refractivity contribution in [2.24, 2.45) is 0 Å². The first kappa shape index (κ1) is 15.4. The van der Waals surface area contributed by atoms with Crippen LogP contribution in [0.1, 0.15) is 23.3 Å². The molecule has 0 atom stereocenters. The Morgan fingerprint density at radius 3 is 2.72 bits per heavy atom. The van der Waals surface area contributed by atoms with Crippen LogP contribution < -0.4 is 0 Å². The van der Waals surface area contributed by atoms with Crippen molar-refractivity contribution in [2.45, 2.75) is 18.9 Å². The largest absolute Gasteiger partial charge is 0.463 e. The van der Waals surface area contributed by atoms with Crippen molar-refractivity contribution in [3.63, 3.8) is 0 Å². The summed E-state index contributed by atoms with van der Waals surface area (Å²) in [6.45, 7) is 0.702. The van der Waals surface area contributed by atoms with E-state index in [1.54, 1.807) is 29.4 Å². The molecule has 0 aliphatic carbocycles. The minimum absolute atomic E-state index is 0.192. The number of carbonyl (C=O) groups excluding carboxylic acids is 3. The smallest absolute Gasteiger partial charge is 0.417 e. The third-order valence-electron chi connectivity index (χ3n) is 4.48. The summed E-state index contributed by atoms with van der Waals surface area (Å²) in [6, 6.07) is 4.96. The van der Waals surface area contributed by atoms with Gasteiger partial charge in [0.15, 0.2) is 18.1 Å². The maximum atomic E-state index is 12.6. The summed E-state index contributed by atoms with van der Waals surface area (Å²) in [5, 5.41) is 6.84. The molecule has 130 valence electrons. The van der Waals surface area contributed by atoms with E-state index in [9.17, 15) is 14.4 Å². The van der Waals surface area contributed by atoms with Gasteiger partial charge in [-0.25, -0.2) is 9.69 Å². The Labute approximate surface area is 142 Å². The first-order valence-electron chi connectivity index (χ1n) is 8.01. The summed E-state index contributed by atoms with van der Waals surface area (Å²) in [4.78, 5) is 38.8. The second-order valence-corrected chi connectivity index (χ2v) is 5.99. The van der Waals surface area contributed by atoms with Crippen LogP contribution in [-0.4, -0.2) is 63.6 Å². The Bertz CT molecular complexity index is 788. The van der Waals surface area contributed by atoms with Gasteiger partial charge >= 0.3 is 6.09 Å². The molecule has 4 rings (SSSR count). The van der Waals surface area contributed by atoms with Crippen molar-refractivity contribution >= 4 is 17.9 Å². The number of nitrogens with one attached hydrogen (secondary N) is 1. The Balaban J connectivity index is 1.40. The number of piperidine rings is 1. The second kappa shape index (κ2) is 6.08. The lowest BCUT2D eigenvalue weighted by atomic mass is 10.0. The zero-order valence-electron chi connectivity index (χ0n) is 13.3. The van der Waals surface area contributed by atoms with Crippen molar-refractivity contribution in [3.05, 3.63) is 30.2 Å². The number of imide groups is 1. The highest BCUT2D eigenvalue weighted by Crippen LogP contribution is 2.23. The fourth-order valence-corrected chi connectivity index (χ4v) is 3.20. The van der Waals surface area contributed by atoms with Crippen LogP contribution in [0.4, 0.5) is 4.79 Å². The number of rotatable bonds is 3. The molecule has 0 bridgehead atoms. The van der Waals surface area contributed by atoms with Gasteiger partial charge in [-0.05, 0) is 25.0 Å². The Morgan fingerprint density at radius 1 is 1.28 bits per heavy atom. The number of hydrogen-bond donors (Lipinski definition) is 1. The highest BCUT2D eigenvalue weighted by Gasteiger charge is 2.39. The predicted octanol–water partition coefficient (Wildman–Crippen LogP) is 1.25. The molecule has 1 N–H and O–H groups in total. The Hall–Kier alpha value is -3.10. The van der Waals surface area contributed by atoms with Crippen molar-refractivity contribution in [2.75, 3.05) is 19.7 Å². The average molecular weight is 344 g/mol. The summed E-state index contributed by atoms with van der Waals surface area (Å²) in [6.07, 6.45) is 2.02. The minimum Gasteiger partial charge on any atom is -0.463 e. The van der Waals surface area contributed by atoms with Crippen molar-refractivity contribution in [3.8, 4) is 11.5 Å². The van der Waals surface area contributed by atoms with Gasteiger partial charge in [-0.1, -0.05) is 0 Å². The third-order valence-corrected chi connectivity index (χ3v) is 4.48. The molecule has 3 amide bonds. The zero-order valence-corrected chi connectivity index (χ0v) is 13.3. The quantitative estimate of drug-likeness (QED) is 0.898. The number of ether oxygens (including phenoxy) is 1. The van der Waals surface area contributed by atoms with E-state index < -0.39 is 6.09 Å². The van der Waals surface area contributed by atoms with E-state index in [2.05, 4.69) is 10.2 Å². The standard InChI is InChI=1S/C16H16N4O5/c21-14-9-25-16(23)20(14)10-3-5-19(6-4-10)15(22)12-8-11(17-18-12)13-2-1-7-24-13/h1-2,7-8,10H,3-6,9H2,(H,17,18). The number of aromatic nitrogens is 2. The molecule has 0 unspecified atom stereocenters. The molecular formula is C16H16N4O5. The van der Waals surface area contributed by atoms with Gasteiger partial charge in [0.1, 0.15) is 5.69 Å². The number of likely N-dealkylation sites (tertiary alicyclic amines) is 1. The number of cyclic esters (lactones) is 1. The van der Waals surface area contributed by atoms with Crippen LogP contribution in [0.25, 0.3) is 11.5 Å². The molecule has 0 spiro atoms. The molecule has 0 saturated carbocycles. The molecule has 2 aliphatic rings. The van der Waals surface area contributed by atoms with Crippen molar-refractivity contribution in [1.82, 2.24) is 20.0 Å². The van der Waals surface area contributed by atoms with E-state index in [-0.39, 0.29) is 24.5 Å². The molecule has 2 fully saturated rings. The maximum absolute atomic E-state index is 12.6. The van der Waals surface area contributed by atoms with Crippen LogP contribution >= 0.6 is 0 Å². The lowest BCUT2D eigenvalue weighted by Gasteiger charge is -2.34. The molecule has 25 heavy (non-hydrogen) atoms. The molecule has 2 aromatic heterocycles. The SMILES string of the molecule is O=C(c1cc(-c2ccco2)[nH]n1)N1CCC(N2C(=O)COC2=O)CC1. The number of nitrogens with zero attached hydrogens (tertiary/aromatic N) is 3. The van der Waals surface area contributed by atoms with E-state index >= 15 is 0 Å². The van der Waals surface area contributed by atoms with Crippen LogP contribution in [0.15, 0.2) is 28.9 Å². The lowest BCUT2D eigenvalue weighted by Crippen LogP contribution is -2.48. The van der Waals surface area contributed by atoms with E-state index in [4.69, 9.17) is 9.15 Å². The van der Waals surface area contributed by atoms with Crippen LogP contribution in [0, 0.1) is 0 Å². The molecule has 0 radical (unpaired) electrons. The van der Waals surface area contributed by atoms with Crippen LogP contribution in [0.3, 0.4) is 0 Å². The Kier molecular flexibility index (Phi) is 3.75. The molecular weight excluding hydrogens is 328 g/mol. The van der Waals surface area contributed by atoms with Gasteiger partial charge in [-0.15, -0.1) is 0 Å². The molecule has 2 aromatic rings. The van der Waals surface area contributed by atoms with Gasteiger partial charge in [-0.2, -0.15) is 5.10 Å².